The van der Waals surface area contributed by atoms with Crippen molar-refractivity contribution in [2.75, 3.05) is 19.7 Å². The van der Waals surface area contributed by atoms with Gasteiger partial charge in [-0.2, -0.15) is 0 Å². The van der Waals surface area contributed by atoms with E-state index in [2.05, 4.69) is 12.2 Å². The third-order valence-electron chi connectivity index (χ3n) is 3.55. The lowest BCUT2D eigenvalue weighted by atomic mass is 10.2. The summed E-state index contributed by atoms with van der Waals surface area (Å²) in [5.74, 6) is 0. The van der Waals surface area contributed by atoms with Gasteiger partial charge in [-0.15, -0.1) is 0 Å². The van der Waals surface area contributed by atoms with Gasteiger partial charge in [0.2, 0.25) is 0 Å². The maximum atomic E-state index is 5.97. The molecule has 3 heteroatoms. The Bertz CT molecular complexity index is 186. The van der Waals surface area contributed by atoms with Gasteiger partial charge in [-0.1, -0.05) is 12.8 Å². The predicted octanol–water partition coefficient (Wildman–Crippen LogP) is 2.10. The second kappa shape index (κ2) is 6.58. The maximum Gasteiger partial charge on any atom is 0.0700 e. The first-order valence-electron chi connectivity index (χ1n) is 6.82. The molecule has 94 valence electrons. The highest BCUT2D eigenvalue weighted by Crippen LogP contribution is 2.21. The normalized spacial score (nSPS) is 28.7. The molecule has 0 bridgehead atoms. The smallest absolute Gasteiger partial charge is 0.0700 e. The Morgan fingerprint density at radius 2 is 2.06 bits per heavy atom. The molecule has 1 N–H and O–H groups in total. The SMILES string of the molecule is CC(CNCC1CCCO1)OC1CCCC1. The average Bonchev–Trinajstić information content (AvgIpc) is 2.90. The average molecular weight is 227 g/mol. The maximum absolute atomic E-state index is 5.97. The summed E-state index contributed by atoms with van der Waals surface area (Å²) in [5, 5.41) is 3.45. The summed E-state index contributed by atoms with van der Waals surface area (Å²) >= 11 is 0. The highest BCUT2D eigenvalue weighted by Gasteiger charge is 2.19. The van der Waals surface area contributed by atoms with Crippen molar-refractivity contribution in [2.45, 2.75) is 63.8 Å². The molecular weight excluding hydrogens is 202 g/mol. The number of rotatable bonds is 6. The van der Waals surface area contributed by atoms with Gasteiger partial charge in [-0.25, -0.2) is 0 Å². The lowest BCUT2D eigenvalue weighted by Crippen LogP contribution is -2.34. The Labute approximate surface area is 98.9 Å². The fourth-order valence-electron chi connectivity index (χ4n) is 2.65. The van der Waals surface area contributed by atoms with Crippen LogP contribution in [0.15, 0.2) is 0 Å². The molecular formula is C13H25NO2. The van der Waals surface area contributed by atoms with Crippen LogP contribution in [-0.4, -0.2) is 38.0 Å². The summed E-state index contributed by atoms with van der Waals surface area (Å²) in [6.45, 7) is 5.05. The molecule has 0 aromatic rings. The molecule has 0 aromatic heterocycles. The van der Waals surface area contributed by atoms with Crippen LogP contribution in [-0.2, 0) is 9.47 Å². The van der Waals surface area contributed by atoms with Crippen molar-refractivity contribution in [1.29, 1.82) is 0 Å². The second-order valence-electron chi connectivity index (χ2n) is 5.15. The van der Waals surface area contributed by atoms with Crippen molar-refractivity contribution in [3.05, 3.63) is 0 Å². The van der Waals surface area contributed by atoms with Gasteiger partial charge in [0.1, 0.15) is 0 Å². The van der Waals surface area contributed by atoms with Crippen molar-refractivity contribution < 1.29 is 9.47 Å². The summed E-state index contributed by atoms with van der Waals surface area (Å²) in [6, 6.07) is 0. The minimum atomic E-state index is 0.338. The fourth-order valence-corrected chi connectivity index (χ4v) is 2.65. The molecule has 0 radical (unpaired) electrons. The van der Waals surface area contributed by atoms with Crippen molar-refractivity contribution >= 4 is 0 Å². The van der Waals surface area contributed by atoms with Crippen LogP contribution in [0.4, 0.5) is 0 Å². The Kier molecular flexibility index (Phi) is 5.07. The molecule has 1 heterocycles. The monoisotopic (exact) mass is 227 g/mol. The zero-order valence-electron chi connectivity index (χ0n) is 10.4. The van der Waals surface area contributed by atoms with Crippen LogP contribution >= 0.6 is 0 Å². The highest BCUT2D eigenvalue weighted by molar-refractivity contribution is 4.71. The number of nitrogens with one attached hydrogen (secondary N) is 1. The highest BCUT2D eigenvalue weighted by atomic mass is 16.5. The van der Waals surface area contributed by atoms with Gasteiger partial charge in [-0.05, 0) is 32.6 Å². The fraction of sp³-hybridized carbons (Fsp3) is 1.00. The standard InChI is InChI=1S/C13H25NO2/c1-11(16-12-5-2-3-6-12)9-14-10-13-7-4-8-15-13/h11-14H,2-10H2,1H3. The van der Waals surface area contributed by atoms with Gasteiger partial charge in [0.15, 0.2) is 0 Å². The van der Waals surface area contributed by atoms with Crippen molar-refractivity contribution in [1.82, 2.24) is 5.32 Å². The molecule has 1 saturated heterocycles. The van der Waals surface area contributed by atoms with Gasteiger partial charge >= 0.3 is 0 Å². The van der Waals surface area contributed by atoms with Gasteiger partial charge < -0.3 is 14.8 Å². The van der Waals surface area contributed by atoms with E-state index in [1.165, 1.54) is 38.5 Å². The summed E-state index contributed by atoms with van der Waals surface area (Å²) in [5.41, 5.74) is 0. The molecule has 16 heavy (non-hydrogen) atoms. The zero-order valence-corrected chi connectivity index (χ0v) is 10.4. The second-order valence-corrected chi connectivity index (χ2v) is 5.15. The van der Waals surface area contributed by atoms with Crippen LogP contribution in [0.2, 0.25) is 0 Å². The molecule has 2 atom stereocenters. The van der Waals surface area contributed by atoms with E-state index in [1.807, 2.05) is 0 Å². The van der Waals surface area contributed by atoms with Gasteiger partial charge in [0.25, 0.3) is 0 Å². The third-order valence-corrected chi connectivity index (χ3v) is 3.55. The topological polar surface area (TPSA) is 30.5 Å². The molecule has 1 aliphatic heterocycles. The summed E-state index contributed by atoms with van der Waals surface area (Å²) in [4.78, 5) is 0. The van der Waals surface area contributed by atoms with Gasteiger partial charge in [-0.3, -0.25) is 0 Å². The minimum absolute atomic E-state index is 0.338. The van der Waals surface area contributed by atoms with E-state index in [0.29, 0.717) is 18.3 Å². The zero-order chi connectivity index (χ0) is 11.2. The lowest BCUT2D eigenvalue weighted by molar-refractivity contribution is 0.00140. The summed E-state index contributed by atoms with van der Waals surface area (Å²) < 4.78 is 11.5. The quantitative estimate of drug-likeness (QED) is 0.754. The molecule has 1 aliphatic carbocycles. The summed E-state index contributed by atoms with van der Waals surface area (Å²) in [6.07, 6.45) is 8.96. The van der Waals surface area contributed by atoms with E-state index < -0.39 is 0 Å². The molecule has 1 saturated carbocycles. The van der Waals surface area contributed by atoms with E-state index in [9.17, 15) is 0 Å². The Morgan fingerprint density at radius 1 is 1.25 bits per heavy atom. The Balaban J connectivity index is 1.51. The molecule has 2 rings (SSSR count). The van der Waals surface area contributed by atoms with Crippen molar-refractivity contribution in [2.24, 2.45) is 0 Å². The van der Waals surface area contributed by atoms with E-state index in [0.717, 1.165) is 19.7 Å². The predicted molar refractivity (Wildman–Crippen MR) is 64.6 cm³/mol. The molecule has 0 spiro atoms. The molecule has 3 nitrogen and oxygen atoms in total. The molecule has 0 amide bonds. The van der Waals surface area contributed by atoms with Gasteiger partial charge in [0, 0.05) is 19.7 Å². The van der Waals surface area contributed by atoms with Crippen LogP contribution in [0.25, 0.3) is 0 Å². The van der Waals surface area contributed by atoms with Gasteiger partial charge in [0.05, 0.1) is 18.3 Å². The Hall–Kier alpha value is -0.120. The largest absolute Gasteiger partial charge is 0.377 e. The third kappa shape index (κ3) is 4.04. The van der Waals surface area contributed by atoms with Crippen molar-refractivity contribution in [3.63, 3.8) is 0 Å². The van der Waals surface area contributed by atoms with Crippen LogP contribution in [0, 0.1) is 0 Å². The number of ether oxygens (including phenoxy) is 2. The molecule has 2 fully saturated rings. The lowest BCUT2D eigenvalue weighted by Gasteiger charge is -2.19. The van der Waals surface area contributed by atoms with Crippen LogP contribution in [0.1, 0.15) is 45.4 Å². The minimum Gasteiger partial charge on any atom is -0.377 e. The number of hydrogen-bond acceptors (Lipinski definition) is 3. The van der Waals surface area contributed by atoms with E-state index >= 15 is 0 Å². The first-order chi connectivity index (χ1) is 7.84. The van der Waals surface area contributed by atoms with E-state index in [-0.39, 0.29) is 0 Å². The molecule has 0 aromatic carbocycles. The Morgan fingerprint density at radius 3 is 2.75 bits per heavy atom. The molecule has 2 aliphatic rings. The van der Waals surface area contributed by atoms with Crippen LogP contribution in [0.5, 0.6) is 0 Å². The van der Waals surface area contributed by atoms with E-state index in [1.54, 1.807) is 0 Å². The van der Waals surface area contributed by atoms with Crippen molar-refractivity contribution in [3.8, 4) is 0 Å². The van der Waals surface area contributed by atoms with Crippen LogP contribution in [0.3, 0.4) is 0 Å². The first-order valence-corrected chi connectivity index (χ1v) is 6.82. The van der Waals surface area contributed by atoms with E-state index in [4.69, 9.17) is 9.47 Å². The summed E-state index contributed by atoms with van der Waals surface area (Å²) in [7, 11) is 0. The van der Waals surface area contributed by atoms with Crippen LogP contribution < -0.4 is 5.32 Å². The number of hydrogen-bond donors (Lipinski definition) is 1. The molecule has 2 unspecified atom stereocenters. The first kappa shape index (κ1) is 12.3.